The first-order valence-corrected chi connectivity index (χ1v) is 8.93. The fourth-order valence-electron chi connectivity index (χ4n) is 3.33. The summed E-state index contributed by atoms with van der Waals surface area (Å²) in [6, 6.07) is 0.712. The van der Waals surface area contributed by atoms with Crippen LogP contribution in [-0.4, -0.2) is 52.2 Å². The van der Waals surface area contributed by atoms with Gasteiger partial charge in [0.25, 0.3) is 0 Å². The van der Waals surface area contributed by atoms with Crippen LogP contribution in [0, 0.1) is 5.92 Å². The number of hydrogen-bond donors (Lipinski definition) is 1. The van der Waals surface area contributed by atoms with Gasteiger partial charge in [-0.05, 0) is 12.5 Å². The second-order valence-electron chi connectivity index (χ2n) is 6.70. The first-order valence-electron chi connectivity index (χ1n) is 8.93. The van der Waals surface area contributed by atoms with E-state index in [1.54, 1.807) is 0 Å². The predicted octanol–water partition coefficient (Wildman–Crippen LogP) is 0.189. The smallest absolute Gasteiger partial charge is 0.349 e. The zero-order valence-electron chi connectivity index (χ0n) is 16.5. The molecule has 1 aromatic rings. The van der Waals surface area contributed by atoms with Crippen molar-refractivity contribution in [3.05, 3.63) is 22.7 Å². The van der Waals surface area contributed by atoms with Gasteiger partial charge >= 0.3 is 23.6 Å². The molecule has 0 radical (unpaired) electrons. The molecule has 1 aliphatic rings. The minimum Gasteiger partial charge on any atom is -0.465 e. The first kappa shape index (κ1) is 22.1. The summed E-state index contributed by atoms with van der Waals surface area (Å²) in [5, 5.41) is 2.41. The third-order valence-electron chi connectivity index (χ3n) is 4.31. The average Bonchev–Trinajstić information content (AvgIpc) is 2.89. The van der Waals surface area contributed by atoms with E-state index in [4.69, 9.17) is 14.2 Å². The highest BCUT2D eigenvalue weighted by molar-refractivity contribution is 5.87. The summed E-state index contributed by atoms with van der Waals surface area (Å²) in [6.45, 7) is 4.85. The summed E-state index contributed by atoms with van der Waals surface area (Å²) >= 11 is 0. The molecule has 11 nitrogen and oxygen atoms in total. The predicted molar refractivity (Wildman–Crippen MR) is 97.7 cm³/mol. The van der Waals surface area contributed by atoms with Gasteiger partial charge in [-0.25, -0.2) is 4.79 Å². The largest absolute Gasteiger partial charge is 0.465 e. The Labute approximate surface area is 166 Å². The van der Waals surface area contributed by atoms with Crippen molar-refractivity contribution >= 4 is 29.6 Å². The summed E-state index contributed by atoms with van der Waals surface area (Å²) < 4.78 is 17.0. The van der Waals surface area contributed by atoms with Gasteiger partial charge in [0.2, 0.25) is 5.91 Å². The van der Waals surface area contributed by atoms with E-state index in [0.717, 1.165) is 0 Å². The van der Waals surface area contributed by atoms with Crippen LogP contribution < -0.4 is 11.0 Å². The summed E-state index contributed by atoms with van der Waals surface area (Å²) in [7, 11) is 0. The highest BCUT2D eigenvalue weighted by Gasteiger charge is 2.49. The van der Waals surface area contributed by atoms with Crippen LogP contribution in [0.5, 0.6) is 0 Å². The van der Waals surface area contributed by atoms with Crippen molar-refractivity contribution in [2.24, 2.45) is 5.92 Å². The maximum absolute atomic E-state index is 12.5. The van der Waals surface area contributed by atoms with E-state index in [1.807, 2.05) is 0 Å². The molecule has 158 valence electrons. The number of esters is 3. The van der Waals surface area contributed by atoms with Gasteiger partial charge in [-0.3, -0.25) is 23.7 Å². The molecule has 0 aliphatic heterocycles. The molecular formula is C18H23N3O8. The van der Waals surface area contributed by atoms with Gasteiger partial charge < -0.3 is 19.5 Å². The Morgan fingerprint density at radius 1 is 1.07 bits per heavy atom. The topological polar surface area (TPSA) is 143 Å². The minimum atomic E-state index is -0.983. The van der Waals surface area contributed by atoms with Crippen LogP contribution in [-0.2, 0) is 33.4 Å². The monoisotopic (exact) mass is 409 g/mol. The molecule has 0 unspecified atom stereocenters. The fraction of sp³-hybridized carbons (Fsp3) is 0.556. The number of rotatable bonds is 6. The molecule has 1 aromatic heterocycles. The standard InChI is InChI=1S/C18H23N3O8/c1-9(22)19-15-5-6-21(18(26)20-15)14-7-13(8-27-10(2)23)16(28-11(3)24)17(14)29-12(4)25/h5-6,13-14,16-17H,7-8H2,1-4H3,(H,19,20,22,26)/t13-,14-,16-,17+/m1/s1. The number of carbonyl (C=O) groups is 4. The molecule has 0 aromatic carbocycles. The van der Waals surface area contributed by atoms with Gasteiger partial charge in [0.15, 0.2) is 6.10 Å². The molecule has 1 heterocycles. The van der Waals surface area contributed by atoms with Crippen molar-refractivity contribution in [2.75, 3.05) is 11.9 Å². The van der Waals surface area contributed by atoms with Gasteiger partial charge in [-0.1, -0.05) is 0 Å². The summed E-state index contributed by atoms with van der Waals surface area (Å²) in [5.74, 6) is -2.55. The normalized spacial score (nSPS) is 23.2. The molecule has 1 amide bonds. The summed E-state index contributed by atoms with van der Waals surface area (Å²) in [5.41, 5.74) is -0.687. The number of carbonyl (C=O) groups excluding carboxylic acids is 4. The lowest BCUT2D eigenvalue weighted by atomic mass is 10.1. The van der Waals surface area contributed by atoms with E-state index < -0.39 is 47.8 Å². The Balaban J connectivity index is 2.40. The molecule has 0 saturated heterocycles. The molecule has 4 atom stereocenters. The lowest BCUT2D eigenvalue weighted by molar-refractivity contribution is -0.168. The third kappa shape index (κ3) is 5.87. The van der Waals surface area contributed by atoms with E-state index in [1.165, 1.54) is 44.5 Å². The van der Waals surface area contributed by atoms with Crippen molar-refractivity contribution in [2.45, 2.75) is 52.4 Å². The highest BCUT2D eigenvalue weighted by Crippen LogP contribution is 2.39. The minimum absolute atomic E-state index is 0.0757. The zero-order valence-corrected chi connectivity index (χ0v) is 16.5. The quantitative estimate of drug-likeness (QED) is 0.514. The molecule has 1 aliphatic carbocycles. The maximum atomic E-state index is 12.5. The number of ether oxygens (including phenoxy) is 3. The van der Waals surface area contributed by atoms with Gasteiger partial charge in [0.1, 0.15) is 11.9 Å². The lowest BCUT2D eigenvalue weighted by Gasteiger charge is -2.26. The fourth-order valence-corrected chi connectivity index (χ4v) is 3.33. The Morgan fingerprint density at radius 3 is 2.21 bits per heavy atom. The zero-order chi connectivity index (χ0) is 21.7. The first-order chi connectivity index (χ1) is 13.6. The van der Waals surface area contributed by atoms with Crippen molar-refractivity contribution in [3.63, 3.8) is 0 Å². The van der Waals surface area contributed by atoms with E-state index in [2.05, 4.69) is 10.3 Å². The summed E-state index contributed by atoms with van der Waals surface area (Å²) in [4.78, 5) is 61.9. The molecule has 1 N–H and O–H groups in total. The Hall–Kier alpha value is -3.24. The van der Waals surface area contributed by atoms with Crippen LogP contribution in [0.2, 0.25) is 0 Å². The van der Waals surface area contributed by atoms with Crippen molar-refractivity contribution in [1.29, 1.82) is 0 Å². The molecular weight excluding hydrogens is 386 g/mol. The molecule has 29 heavy (non-hydrogen) atoms. The number of nitrogens with one attached hydrogen (secondary N) is 1. The van der Waals surface area contributed by atoms with E-state index in [0.29, 0.717) is 0 Å². The molecule has 1 saturated carbocycles. The second kappa shape index (κ2) is 9.30. The number of anilines is 1. The number of nitrogens with zero attached hydrogens (tertiary/aromatic N) is 2. The highest BCUT2D eigenvalue weighted by atomic mass is 16.6. The van der Waals surface area contributed by atoms with Crippen LogP contribution in [0.15, 0.2) is 17.1 Å². The van der Waals surface area contributed by atoms with Crippen LogP contribution in [0.4, 0.5) is 5.82 Å². The summed E-state index contributed by atoms with van der Waals surface area (Å²) in [6.07, 6.45) is -0.267. The van der Waals surface area contributed by atoms with E-state index >= 15 is 0 Å². The van der Waals surface area contributed by atoms with Crippen LogP contribution in [0.1, 0.15) is 40.2 Å². The molecule has 2 rings (SSSR count). The van der Waals surface area contributed by atoms with Gasteiger partial charge in [0, 0.05) is 39.8 Å². The van der Waals surface area contributed by atoms with Crippen molar-refractivity contribution in [1.82, 2.24) is 9.55 Å². The Morgan fingerprint density at radius 2 is 1.69 bits per heavy atom. The SMILES string of the molecule is CC(=O)Nc1ccn([C@@H]2C[C@H](COC(C)=O)[C@@H](OC(C)=O)[C@H]2OC(C)=O)c(=O)n1. The molecule has 1 fully saturated rings. The number of amides is 1. The van der Waals surface area contributed by atoms with Crippen molar-refractivity contribution < 1.29 is 33.4 Å². The van der Waals surface area contributed by atoms with E-state index in [9.17, 15) is 24.0 Å². The maximum Gasteiger partial charge on any atom is 0.349 e. The average molecular weight is 409 g/mol. The van der Waals surface area contributed by atoms with Gasteiger partial charge in [-0.2, -0.15) is 4.98 Å². The molecule has 11 heteroatoms. The Kier molecular flexibility index (Phi) is 7.08. The van der Waals surface area contributed by atoms with Crippen LogP contribution in [0.25, 0.3) is 0 Å². The third-order valence-corrected chi connectivity index (χ3v) is 4.31. The lowest BCUT2D eigenvalue weighted by Crippen LogP contribution is -2.40. The van der Waals surface area contributed by atoms with Gasteiger partial charge in [0.05, 0.1) is 12.6 Å². The number of aromatic nitrogens is 2. The van der Waals surface area contributed by atoms with Crippen LogP contribution in [0.3, 0.4) is 0 Å². The van der Waals surface area contributed by atoms with E-state index in [-0.39, 0.29) is 24.8 Å². The van der Waals surface area contributed by atoms with Crippen molar-refractivity contribution in [3.8, 4) is 0 Å². The number of hydrogen-bond acceptors (Lipinski definition) is 9. The Bertz CT molecular complexity index is 865. The van der Waals surface area contributed by atoms with Gasteiger partial charge in [-0.15, -0.1) is 0 Å². The molecule has 0 spiro atoms. The molecule has 0 bridgehead atoms. The van der Waals surface area contributed by atoms with Crippen LogP contribution >= 0.6 is 0 Å². The second-order valence-corrected chi connectivity index (χ2v) is 6.70.